The van der Waals surface area contributed by atoms with Crippen LogP contribution in [0.4, 0.5) is 8.78 Å². The van der Waals surface area contributed by atoms with Gasteiger partial charge in [0.2, 0.25) is 0 Å². The summed E-state index contributed by atoms with van der Waals surface area (Å²) in [5.74, 6) is -1.34. The molecule has 94 valence electrons. The predicted octanol–water partition coefficient (Wildman–Crippen LogP) is 3.48. The summed E-state index contributed by atoms with van der Waals surface area (Å²) in [6, 6.07) is 5.03. The van der Waals surface area contributed by atoms with E-state index in [4.69, 9.17) is 5.73 Å². The average Bonchev–Trinajstić information content (AvgIpc) is 2.35. The van der Waals surface area contributed by atoms with Crippen LogP contribution in [0.25, 0.3) is 0 Å². The number of aromatic nitrogens is 1. The van der Waals surface area contributed by atoms with Gasteiger partial charge in [0.1, 0.15) is 11.6 Å². The molecule has 0 fully saturated rings. The Bertz CT molecular complexity index is 587. The van der Waals surface area contributed by atoms with E-state index in [0.717, 1.165) is 0 Å². The molecule has 2 rings (SSSR count). The molecule has 18 heavy (non-hydrogen) atoms. The fourth-order valence-electron chi connectivity index (χ4n) is 1.81. The van der Waals surface area contributed by atoms with E-state index in [1.807, 2.05) is 0 Å². The molecular formula is C13H11BrF2N2. The highest BCUT2D eigenvalue weighted by molar-refractivity contribution is 9.10. The van der Waals surface area contributed by atoms with Gasteiger partial charge in [-0.3, -0.25) is 4.98 Å². The molecule has 0 aliphatic heterocycles. The maximum absolute atomic E-state index is 13.9. The van der Waals surface area contributed by atoms with Gasteiger partial charge in [0.25, 0.3) is 0 Å². The van der Waals surface area contributed by atoms with E-state index in [9.17, 15) is 8.78 Å². The number of aryl methyl sites for hydroxylation is 1. The first-order valence-corrected chi connectivity index (χ1v) is 6.12. The summed E-state index contributed by atoms with van der Waals surface area (Å²) >= 11 is 3.03. The minimum atomic E-state index is -0.879. The SMILES string of the molecule is Cc1ncccc1C(N)c1c(F)ccc(Br)c1F. The number of benzene rings is 1. The first kappa shape index (κ1) is 13.1. The van der Waals surface area contributed by atoms with Crippen LogP contribution in [-0.2, 0) is 0 Å². The molecule has 1 heterocycles. The molecule has 0 amide bonds. The monoisotopic (exact) mass is 312 g/mol. The quantitative estimate of drug-likeness (QED) is 0.862. The van der Waals surface area contributed by atoms with Crippen LogP contribution in [-0.4, -0.2) is 4.98 Å². The third-order valence-electron chi connectivity index (χ3n) is 2.77. The molecule has 0 aliphatic rings. The molecule has 0 bridgehead atoms. The van der Waals surface area contributed by atoms with Crippen LogP contribution >= 0.6 is 15.9 Å². The van der Waals surface area contributed by atoms with Crippen molar-refractivity contribution in [3.05, 3.63) is 63.4 Å². The number of pyridine rings is 1. The van der Waals surface area contributed by atoms with Gasteiger partial charge in [0.15, 0.2) is 0 Å². The van der Waals surface area contributed by atoms with E-state index in [-0.39, 0.29) is 10.0 Å². The molecule has 2 N–H and O–H groups in total. The van der Waals surface area contributed by atoms with Crippen LogP contribution in [0.5, 0.6) is 0 Å². The molecule has 2 nitrogen and oxygen atoms in total. The lowest BCUT2D eigenvalue weighted by molar-refractivity contribution is 0.538. The Morgan fingerprint density at radius 2 is 2.00 bits per heavy atom. The minimum Gasteiger partial charge on any atom is -0.320 e. The Labute approximate surface area is 112 Å². The second-order valence-corrected chi connectivity index (χ2v) is 4.77. The molecule has 1 unspecified atom stereocenters. The number of hydrogen-bond acceptors (Lipinski definition) is 2. The van der Waals surface area contributed by atoms with Gasteiger partial charge >= 0.3 is 0 Å². The van der Waals surface area contributed by atoms with Crippen molar-refractivity contribution in [2.24, 2.45) is 5.73 Å². The van der Waals surface area contributed by atoms with E-state index in [1.54, 1.807) is 25.3 Å². The van der Waals surface area contributed by atoms with Gasteiger partial charge in [-0.05, 0) is 46.6 Å². The molecule has 0 aliphatic carbocycles. The number of hydrogen-bond donors (Lipinski definition) is 1. The normalized spacial score (nSPS) is 12.5. The van der Waals surface area contributed by atoms with Gasteiger partial charge in [-0.25, -0.2) is 8.78 Å². The van der Waals surface area contributed by atoms with E-state index in [1.165, 1.54) is 12.1 Å². The van der Waals surface area contributed by atoms with Crippen LogP contribution in [0, 0.1) is 18.6 Å². The minimum absolute atomic E-state index is 0.152. The van der Waals surface area contributed by atoms with Crippen molar-refractivity contribution in [2.45, 2.75) is 13.0 Å². The lowest BCUT2D eigenvalue weighted by Gasteiger charge is -2.16. The summed E-state index contributed by atoms with van der Waals surface area (Å²) in [6.45, 7) is 1.75. The van der Waals surface area contributed by atoms with Crippen LogP contribution in [0.3, 0.4) is 0 Å². The van der Waals surface area contributed by atoms with Crippen molar-refractivity contribution < 1.29 is 8.78 Å². The molecule has 1 aromatic heterocycles. The Kier molecular flexibility index (Phi) is 3.73. The zero-order valence-corrected chi connectivity index (χ0v) is 11.2. The maximum Gasteiger partial charge on any atom is 0.145 e. The van der Waals surface area contributed by atoms with Crippen molar-refractivity contribution >= 4 is 15.9 Å². The van der Waals surface area contributed by atoms with Gasteiger partial charge in [-0.1, -0.05) is 6.07 Å². The van der Waals surface area contributed by atoms with Gasteiger partial charge in [0, 0.05) is 17.5 Å². The second-order valence-electron chi connectivity index (χ2n) is 3.91. The van der Waals surface area contributed by atoms with Crippen LogP contribution in [0.15, 0.2) is 34.9 Å². The molecular weight excluding hydrogens is 302 g/mol. The van der Waals surface area contributed by atoms with E-state index in [2.05, 4.69) is 20.9 Å². The highest BCUT2D eigenvalue weighted by Gasteiger charge is 2.21. The third-order valence-corrected chi connectivity index (χ3v) is 3.39. The zero-order valence-electron chi connectivity index (χ0n) is 9.62. The predicted molar refractivity (Wildman–Crippen MR) is 69.1 cm³/mol. The van der Waals surface area contributed by atoms with Gasteiger partial charge in [-0.15, -0.1) is 0 Å². The number of nitrogens with zero attached hydrogens (tertiary/aromatic N) is 1. The summed E-state index contributed by atoms with van der Waals surface area (Å²) in [5.41, 5.74) is 7.06. The Morgan fingerprint density at radius 1 is 1.28 bits per heavy atom. The number of halogens is 3. The Hall–Kier alpha value is -1.33. The topological polar surface area (TPSA) is 38.9 Å². The van der Waals surface area contributed by atoms with E-state index < -0.39 is 17.7 Å². The van der Waals surface area contributed by atoms with Crippen molar-refractivity contribution in [3.63, 3.8) is 0 Å². The number of nitrogens with two attached hydrogens (primary N) is 1. The summed E-state index contributed by atoms with van der Waals surface area (Å²) in [4.78, 5) is 4.07. The molecule has 0 spiro atoms. The summed E-state index contributed by atoms with van der Waals surface area (Å²) < 4.78 is 27.9. The molecule has 2 aromatic rings. The summed E-state index contributed by atoms with van der Waals surface area (Å²) in [5, 5.41) is 0. The Balaban J connectivity index is 2.56. The van der Waals surface area contributed by atoms with Crippen molar-refractivity contribution in [3.8, 4) is 0 Å². The summed E-state index contributed by atoms with van der Waals surface area (Å²) in [7, 11) is 0. The van der Waals surface area contributed by atoms with Crippen LogP contribution < -0.4 is 5.73 Å². The lowest BCUT2D eigenvalue weighted by Crippen LogP contribution is -2.17. The maximum atomic E-state index is 13.9. The fraction of sp³-hybridized carbons (Fsp3) is 0.154. The highest BCUT2D eigenvalue weighted by Crippen LogP contribution is 2.29. The molecule has 0 saturated heterocycles. The van der Waals surface area contributed by atoms with Crippen molar-refractivity contribution in [2.75, 3.05) is 0 Å². The van der Waals surface area contributed by atoms with Crippen molar-refractivity contribution in [1.82, 2.24) is 4.98 Å². The highest BCUT2D eigenvalue weighted by atomic mass is 79.9. The van der Waals surface area contributed by atoms with Crippen LogP contribution in [0.1, 0.15) is 22.9 Å². The Morgan fingerprint density at radius 3 is 2.67 bits per heavy atom. The molecule has 0 radical (unpaired) electrons. The number of rotatable bonds is 2. The largest absolute Gasteiger partial charge is 0.320 e. The first-order chi connectivity index (χ1) is 8.52. The third kappa shape index (κ3) is 2.28. The van der Waals surface area contributed by atoms with E-state index >= 15 is 0 Å². The van der Waals surface area contributed by atoms with Gasteiger partial charge in [0.05, 0.1) is 10.5 Å². The summed E-state index contributed by atoms with van der Waals surface area (Å²) in [6.07, 6.45) is 1.61. The average molecular weight is 313 g/mol. The lowest BCUT2D eigenvalue weighted by atomic mass is 9.97. The second kappa shape index (κ2) is 5.12. The van der Waals surface area contributed by atoms with Crippen molar-refractivity contribution in [1.29, 1.82) is 0 Å². The molecule has 1 atom stereocenters. The van der Waals surface area contributed by atoms with Crippen LogP contribution in [0.2, 0.25) is 0 Å². The van der Waals surface area contributed by atoms with E-state index in [0.29, 0.717) is 11.3 Å². The molecule has 0 saturated carbocycles. The first-order valence-electron chi connectivity index (χ1n) is 5.33. The fourth-order valence-corrected chi connectivity index (χ4v) is 2.15. The zero-order chi connectivity index (χ0) is 13.3. The standard InChI is InChI=1S/C13H11BrF2N2/c1-7-8(3-2-6-18-7)13(17)11-10(15)5-4-9(14)12(11)16/h2-6,13H,17H2,1H3. The van der Waals surface area contributed by atoms with Gasteiger partial charge < -0.3 is 5.73 Å². The molecule has 1 aromatic carbocycles. The smallest absolute Gasteiger partial charge is 0.145 e. The van der Waals surface area contributed by atoms with Gasteiger partial charge in [-0.2, -0.15) is 0 Å². The molecule has 5 heteroatoms.